The number of aryl methyl sites for hydroxylation is 2. The first kappa shape index (κ1) is 45.8. The predicted octanol–water partition coefficient (Wildman–Crippen LogP) is 17.8. The lowest BCUT2D eigenvalue weighted by atomic mass is 9.32. The molecule has 3 heteroatoms. The van der Waals surface area contributed by atoms with Crippen molar-refractivity contribution in [1.82, 2.24) is 0 Å². The van der Waals surface area contributed by atoms with Gasteiger partial charge in [0, 0.05) is 33.9 Å². The molecule has 9 aliphatic rings. The number of anilines is 6. The van der Waals surface area contributed by atoms with Crippen LogP contribution in [-0.2, 0) is 10.8 Å². The number of nitrogens with zero attached hydrogens (tertiary/aromatic N) is 2. The molecule has 0 atom stereocenters. The first-order chi connectivity index (χ1) is 40.4. The molecule has 2 nitrogen and oxygen atoms in total. The summed E-state index contributed by atoms with van der Waals surface area (Å²) in [5.74, 6) is 2.97. The van der Waals surface area contributed by atoms with Crippen molar-refractivity contribution < 1.29 is 0 Å². The fourth-order valence-electron chi connectivity index (χ4n) is 19.0. The van der Waals surface area contributed by atoms with Gasteiger partial charge in [0.25, 0.3) is 6.71 Å². The van der Waals surface area contributed by atoms with Gasteiger partial charge in [-0.05, 0) is 224 Å². The van der Waals surface area contributed by atoms with Gasteiger partial charge in [0.05, 0.1) is 11.1 Å². The van der Waals surface area contributed by atoms with Gasteiger partial charge in [-0.25, -0.2) is 0 Å². The third kappa shape index (κ3) is 5.81. The van der Waals surface area contributed by atoms with Crippen LogP contribution in [0.3, 0.4) is 0 Å². The van der Waals surface area contributed by atoms with Crippen LogP contribution in [0.25, 0.3) is 55.6 Å². The Balaban J connectivity index is 0.819. The number of fused-ring (bicyclic) bond motifs is 16. The largest absolute Gasteiger partial charge is 0.311 e. The quantitative estimate of drug-likeness (QED) is 0.162. The van der Waals surface area contributed by atoms with Crippen molar-refractivity contribution >= 4 is 57.2 Å². The molecule has 4 saturated carbocycles. The van der Waals surface area contributed by atoms with E-state index in [-0.39, 0.29) is 12.1 Å². The number of benzene rings is 11. The SMILES string of the molecule is Cc1cccc(-c2ccc3c(c2)B2c4cc(-c5cccc(C)c5)cc5c4N(c4ccccc4C54C5CC6CC(C5)CC4C6)c4cccc(c42)N3c2ccc(-c3ccc4c(c3)C3(c5ccccc5-c5ccccc53)c3ccccc3-4)cc2)c1. The van der Waals surface area contributed by atoms with Gasteiger partial charge < -0.3 is 9.80 Å². The number of hydrogen-bond donors (Lipinski definition) is 0. The second-order valence-electron chi connectivity index (χ2n) is 25.7. The fourth-order valence-corrected chi connectivity index (χ4v) is 19.0. The van der Waals surface area contributed by atoms with E-state index in [0.717, 1.165) is 17.5 Å². The highest BCUT2D eigenvalue weighted by molar-refractivity contribution is 7.00. The summed E-state index contributed by atoms with van der Waals surface area (Å²) in [5, 5.41) is 0. The van der Waals surface area contributed by atoms with Crippen LogP contribution < -0.4 is 26.2 Å². The van der Waals surface area contributed by atoms with E-state index in [1.54, 1.807) is 11.1 Å². The maximum absolute atomic E-state index is 2.75. The highest BCUT2D eigenvalue weighted by Crippen LogP contribution is 2.70. The van der Waals surface area contributed by atoms with E-state index in [4.69, 9.17) is 0 Å². The summed E-state index contributed by atoms with van der Waals surface area (Å²) in [7, 11) is 0. The zero-order chi connectivity index (χ0) is 53.7. The molecule has 3 aliphatic heterocycles. The molecular formula is C79H59BN2. The normalized spacial score (nSPS) is 21.4. The minimum Gasteiger partial charge on any atom is -0.311 e. The second-order valence-corrected chi connectivity index (χ2v) is 25.7. The molecule has 0 aromatic heterocycles. The molecule has 2 spiro atoms. The van der Waals surface area contributed by atoms with Crippen molar-refractivity contribution in [2.45, 2.75) is 56.8 Å². The van der Waals surface area contributed by atoms with Gasteiger partial charge in [0.2, 0.25) is 0 Å². The molecule has 3 heterocycles. The Morgan fingerprint density at radius 2 is 0.829 bits per heavy atom. The molecule has 82 heavy (non-hydrogen) atoms. The Labute approximate surface area is 481 Å². The summed E-state index contributed by atoms with van der Waals surface area (Å²) in [6.07, 6.45) is 6.81. The van der Waals surface area contributed by atoms with Gasteiger partial charge in [-0.3, -0.25) is 0 Å². The van der Waals surface area contributed by atoms with Gasteiger partial charge >= 0.3 is 0 Å². The van der Waals surface area contributed by atoms with Crippen LogP contribution in [0.4, 0.5) is 34.1 Å². The van der Waals surface area contributed by atoms with Crippen molar-refractivity contribution in [3.8, 4) is 55.6 Å². The zero-order valence-electron chi connectivity index (χ0n) is 46.3. The Kier molecular flexibility index (Phi) is 9.15. The maximum Gasteiger partial charge on any atom is 0.252 e. The van der Waals surface area contributed by atoms with Gasteiger partial charge in [-0.15, -0.1) is 0 Å². The minimum absolute atomic E-state index is 0.00379. The van der Waals surface area contributed by atoms with E-state index in [1.807, 2.05) is 0 Å². The van der Waals surface area contributed by atoms with E-state index >= 15 is 0 Å². The molecule has 6 aliphatic carbocycles. The van der Waals surface area contributed by atoms with Gasteiger partial charge in [-0.1, -0.05) is 199 Å². The monoisotopic (exact) mass is 1050 g/mol. The van der Waals surface area contributed by atoms with E-state index in [9.17, 15) is 0 Å². The molecule has 0 unspecified atom stereocenters. The smallest absolute Gasteiger partial charge is 0.252 e. The van der Waals surface area contributed by atoms with Crippen LogP contribution in [-0.4, -0.2) is 6.71 Å². The van der Waals surface area contributed by atoms with Crippen LogP contribution in [0.15, 0.2) is 237 Å². The Morgan fingerprint density at radius 3 is 1.48 bits per heavy atom. The summed E-state index contributed by atoms with van der Waals surface area (Å²) in [4.78, 5) is 5.35. The molecule has 0 saturated heterocycles. The van der Waals surface area contributed by atoms with Crippen LogP contribution in [0, 0.1) is 37.5 Å². The predicted molar refractivity (Wildman–Crippen MR) is 340 cm³/mol. The highest BCUT2D eigenvalue weighted by atomic mass is 15.2. The number of rotatable bonds is 4. The van der Waals surface area contributed by atoms with Crippen LogP contribution in [0.1, 0.15) is 76.6 Å². The van der Waals surface area contributed by atoms with Crippen molar-refractivity contribution in [3.63, 3.8) is 0 Å². The van der Waals surface area contributed by atoms with Crippen molar-refractivity contribution in [3.05, 3.63) is 281 Å². The molecule has 11 aromatic rings. The van der Waals surface area contributed by atoms with Crippen LogP contribution >= 0.6 is 0 Å². The minimum atomic E-state index is -0.391. The molecular weight excluding hydrogens is 988 g/mol. The fraction of sp³-hybridized carbons (Fsp3) is 0.165. The molecule has 0 N–H and O–H groups in total. The standard InChI is InChI=1S/C79H59BN2/c1-47-14-11-16-52(36-47)55-31-35-73-70(45-55)80-71-46-56(53-17-12-15-48(2)37-53)44-69-77(71)82(72-25-10-9-24-67(72)78(69)57-39-49-38-50(41-57)42-58(78)40-49)75-27-13-26-74(76(75)80)81(73)59-32-28-51(29-33-59)54-30-34-63-62-20-5-8-23-66(62)79(68(63)43-54)64-21-6-3-18-60(64)61-19-4-7-22-65(61)79/h3-37,43-46,49-50,57-58H,38-42H2,1-2H3. The zero-order valence-corrected chi connectivity index (χ0v) is 46.3. The summed E-state index contributed by atoms with van der Waals surface area (Å²) in [5.41, 5.74) is 35.7. The lowest BCUT2D eigenvalue weighted by molar-refractivity contribution is -0.0418. The number of hydrogen-bond acceptors (Lipinski definition) is 2. The first-order valence-corrected chi connectivity index (χ1v) is 30.3. The number of para-hydroxylation sites is 1. The summed E-state index contributed by atoms with van der Waals surface area (Å²) >= 11 is 0. The molecule has 0 amide bonds. The first-order valence-electron chi connectivity index (χ1n) is 30.3. The van der Waals surface area contributed by atoms with Crippen LogP contribution in [0.5, 0.6) is 0 Å². The Hall–Kier alpha value is -8.92. The van der Waals surface area contributed by atoms with Gasteiger partial charge in [0.1, 0.15) is 0 Å². The molecule has 0 radical (unpaired) electrons. The summed E-state index contributed by atoms with van der Waals surface area (Å²) < 4.78 is 0. The third-order valence-electron chi connectivity index (χ3n) is 21.7. The topological polar surface area (TPSA) is 6.48 Å². The van der Waals surface area contributed by atoms with E-state index in [2.05, 4.69) is 260 Å². The lowest BCUT2D eigenvalue weighted by Crippen LogP contribution is -2.64. The third-order valence-corrected chi connectivity index (χ3v) is 21.7. The Bertz CT molecular complexity index is 4510. The summed E-state index contributed by atoms with van der Waals surface area (Å²) in [6.45, 7) is 4.48. The van der Waals surface area contributed by atoms with Crippen molar-refractivity contribution in [2.24, 2.45) is 23.7 Å². The average molecular weight is 1050 g/mol. The van der Waals surface area contributed by atoms with Gasteiger partial charge in [0.15, 0.2) is 0 Å². The van der Waals surface area contributed by atoms with Crippen molar-refractivity contribution in [2.75, 3.05) is 9.80 Å². The van der Waals surface area contributed by atoms with E-state index in [1.165, 1.54) is 166 Å². The Morgan fingerprint density at radius 1 is 0.341 bits per heavy atom. The molecule has 4 fully saturated rings. The van der Waals surface area contributed by atoms with Crippen molar-refractivity contribution in [1.29, 1.82) is 0 Å². The average Bonchev–Trinajstić information content (AvgIpc) is 1.02. The lowest BCUT2D eigenvalue weighted by Gasteiger charge is -2.64. The van der Waals surface area contributed by atoms with E-state index < -0.39 is 5.41 Å². The van der Waals surface area contributed by atoms with E-state index in [0.29, 0.717) is 11.8 Å². The van der Waals surface area contributed by atoms with Gasteiger partial charge in [-0.2, -0.15) is 0 Å². The molecule has 11 aromatic carbocycles. The highest BCUT2D eigenvalue weighted by Gasteiger charge is 2.63. The molecule has 20 rings (SSSR count). The maximum atomic E-state index is 2.75. The molecule has 4 bridgehead atoms. The molecule has 388 valence electrons. The second kappa shape index (κ2) is 16.4. The summed E-state index contributed by atoms with van der Waals surface area (Å²) in [6, 6.07) is 92.3. The van der Waals surface area contributed by atoms with Crippen LogP contribution in [0.2, 0.25) is 0 Å².